The first kappa shape index (κ1) is 21.4. The van der Waals surface area contributed by atoms with Gasteiger partial charge in [0.2, 0.25) is 0 Å². The van der Waals surface area contributed by atoms with E-state index < -0.39 is 9.84 Å². The van der Waals surface area contributed by atoms with Gasteiger partial charge in [-0.25, -0.2) is 8.42 Å². The van der Waals surface area contributed by atoms with Crippen molar-refractivity contribution in [3.63, 3.8) is 0 Å². The molecule has 1 aromatic heterocycles. The van der Waals surface area contributed by atoms with E-state index in [2.05, 4.69) is 5.32 Å². The predicted octanol–water partition coefficient (Wildman–Crippen LogP) is 3.27. The number of hydrogen-bond donors (Lipinski definition) is 1. The molecule has 0 saturated carbocycles. The maximum Gasteiger partial charge on any atom is 0.268 e. The zero-order valence-electron chi connectivity index (χ0n) is 16.8. The van der Waals surface area contributed by atoms with Crippen molar-refractivity contribution >= 4 is 38.2 Å². The van der Waals surface area contributed by atoms with Crippen LogP contribution in [-0.4, -0.2) is 50.7 Å². The number of sulfone groups is 1. The number of halogens is 1. The highest BCUT2D eigenvalue weighted by atomic mass is 35.5. The molecule has 6 nitrogen and oxygen atoms in total. The van der Waals surface area contributed by atoms with E-state index >= 15 is 0 Å². The number of amides is 1. The SMILES string of the molecule is CN(C)CC(NC(=O)c1cc2ccc(Cl)cc2n1C)c1ccc(S(C)(=O)=O)cc1. The molecule has 0 saturated heterocycles. The average Bonchev–Trinajstić information content (AvgIpc) is 2.96. The molecule has 3 aromatic rings. The van der Waals surface area contributed by atoms with E-state index in [4.69, 9.17) is 11.6 Å². The van der Waals surface area contributed by atoms with Crippen molar-refractivity contribution in [2.45, 2.75) is 10.9 Å². The predicted molar refractivity (Wildman–Crippen MR) is 116 cm³/mol. The molecule has 2 aromatic carbocycles. The quantitative estimate of drug-likeness (QED) is 0.647. The van der Waals surface area contributed by atoms with Gasteiger partial charge < -0.3 is 14.8 Å². The summed E-state index contributed by atoms with van der Waals surface area (Å²) in [6.07, 6.45) is 1.17. The lowest BCUT2D eigenvalue weighted by molar-refractivity contribution is 0.0922. The maximum absolute atomic E-state index is 13.0. The Balaban J connectivity index is 1.91. The average molecular weight is 434 g/mol. The number of carbonyl (C=O) groups excluding carboxylic acids is 1. The number of nitrogens with zero attached hydrogens (tertiary/aromatic N) is 2. The van der Waals surface area contributed by atoms with Gasteiger partial charge >= 0.3 is 0 Å². The highest BCUT2D eigenvalue weighted by Gasteiger charge is 2.20. The van der Waals surface area contributed by atoms with Crippen LogP contribution < -0.4 is 5.32 Å². The van der Waals surface area contributed by atoms with Crippen LogP contribution in [0.5, 0.6) is 0 Å². The number of aromatic nitrogens is 1. The van der Waals surface area contributed by atoms with Gasteiger partial charge in [-0.05, 0) is 50.0 Å². The minimum Gasteiger partial charge on any atom is -0.343 e. The first-order chi connectivity index (χ1) is 13.6. The van der Waals surface area contributed by atoms with Crippen molar-refractivity contribution in [2.75, 3.05) is 26.9 Å². The van der Waals surface area contributed by atoms with Crippen molar-refractivity contribution in [3.05, 3.63) is 64.8 Å². The largest absolute Gasteiger partial charge is 0.343 e. The fourth-order valence-electron chi connectivity index (χ4n) is 3.30. The van der Waals surface area contributed by atoms with Gasteiger partial charge in [-0.15, -0.1) is 0 Å². The highest BCUT2D eigenvalue weighted by Crippen LogP contribution is 2.24. The van der Waals surface area contributed by atoms with E-state index in [0.717, 1.165) is 16.5 Å². The summed E-state index contributed by atoms with van der Waals surface area (Å²) in [6, 6.07) is 13.7. The van der Waals surface area contributed by atoms with Crippen LogP contribution in [-0.2, 0) is 16.9 Å². The van der Waals surface area contributed by atoms with Crippen molar-refractivity contribution in [1.82, 2.24) is 14.8 Å². The molecular formula is C21H24ClN3O3S. The van der Waals surface area contributed by atoms with Crippen molar-refractivity contribution in [3.8, 4) is 0 Å². The number of carbonyl (C=O) groups is 1. The normalized spacial score (nSPS) is 13.0. The lowest BCUT2D eigenvalue weighted by Gasteiger charge is -2.23. The Morgan fingerprint density at radius 1 is 1.14 bits per heavy atom. The van der Waals surface area contributed by atoms with Crippen molar-refractivity contribution < 1.29 is 13.2 Å². The van der Waals surface area contributed by atoms with Crippen LogP contribution in [0.1, 0.15) is 22.1 Å². The van der Waals surface area contributed by atoms with E-state index in [9.17, 15) is 13.2 Å². The van der Waals surface area contributed by atoms with Gasteiger partial charge in [0.25, 0.3) is 5.91 Å². The van der Waals surface area contributed by atoms with Gasteiger partial charge in [0, 0.05) is 35.8 Å². The molecule has 154 valence electrons. The van der Waals surface area contributed by atoms with Crippen LogP contribution >= 0.6 is 11.6 Å². The Bertz CT molecular complexity index is 1150. The van der Waals surface area contributed by atoms with Gasteiger partial charge in [-0.3, -0.25) is 4.79 Å². The smallest absolute Gasteiger partial charge is 0.268 e. The molecular weight excluding hydrogens is 410 g/mol. The molecule has 1 N–H and O–H groups in total. The fourth-order valence-corrected chi connectivity index (χ4v) is 4.10. The van der Waals surface area contributed by atoms with Crippen LogP contribution in [0.25, 0.3) is 10.9 Å². The standard InChI is InChI=1S/C21H24ClN3O3S/c1-24(2)13-18(14-6-9-17(10-7-14)29(4,27)28)23-21(26)20-11-15-5-8-16(22)12-19(15)25(20)3/h5-12,18H,13H2,1-4H3,(H,23,26). The second-order valence-electron chi connectivity index (χ2n) is 7.42. The molecule has 0 aliphatic carbocycles. The van der Waals surface area contributed by atoms with E-state index in [1.165, 1.54) is 6.26 Å². The third-order valence-electron chi connectivity index (χ3n) is 4.80. The monoisotopic (exact) mass is 433 g/mol. The molecule has 3 rings (SSSR count). The minimum absolute atomic E-state index is 0.209. The Hall–Kier alpha value is -2.35. The molecule has 0 aliphatic rings. The Labute approximate surface area is 176 Å². The fraction of sp³-hybridized carbons (Fsp3) is 0.286. The Morgan fingerprint density at radius 3 is 2.38 bits per heavy atom. The zero-order chi connectivity index (χ0) is 21.3. The maximum atomic E-state index is 13.0. The van der Waals surface area contributed by atoms with Crippen LogP contribution in [0.3, 0.4) is 0 Å². The van der Waals surface area contributed by atoms with E-state index in [-0.39, 0.29) is 16.8 Å². The molecule has 8 heteroatoms. The minimum atomic E-state index is -3.27. The van der Waals surface area contributed by atoms with E-state index in [1.54, 1.807) is 30.3 Å². The summed E-state index contributed by atoms with van der Waals surface area (Å²) in [5, 5.41) is 4.62. The number of aryl methyl sites for hydroxylation is 1. The van der Waals surface area contributed by atoms with Gasteiger partial charge in [0.05, 0.1) is 10.9 Å². The van der Waals surface area contributed by atoms with Crippen molar-refractivity contribution in [1.29, 1.82) is 0 Å². The molecule has 0 spiro atoms. The third kappa shape index (κ3) is 4.80. The topological polar surface area (TPSA) is 71.4 Å². The number of benzene rings is 2. The summed E-state index contributed by atoms with van der Waals surface area (Å²) in [6.45, 7) is 0.569. The molecule has 1 amide bonds. The third-order valence-corrected chi connectivity index (χ3v) is 6.17. The summed E-state index contributed by atoms with van der Waals surface area (Å²) in [5.74, 6) is -0.209. The van der Waals surface area contributed by atoms with Crippen molar-refractivity contribution in [2.24, 2.45) is 7.05 Å². The number of fused-ring (bicyclic) bond motifs is 1. The molecule has 0 radical (unpaired) electrons. The summed E-state index contributed by atoms with van der Waals surface area (Å²) in [7, 11) is 2.40. The van der Waals surface area contributed by atoms with Crippen LogP contribution in [0.15, 0.2) is 53.4 Å². The summed E-state index contributed by atoms with van der Waals surface area (Å²) >= 11 is 6.08. The second kappa shape index (κ2) is 8.18. The Kier molecular flexibility index (Phi) is 6.03. The summed E-state index contributed by atoms with van der Waals surface area (Å²) in [4.78, 5) is 15.3. The van der Waals surface area contributed by atoms with E-state index in [0.29, 0.717) is 17.3 Å². The first-order valence-electron chi connectivity index (χ1n) is 9.07. The molecule has 0 bridgehead atoms. The van der Waals surface area contributed by atoms with Crippen LogP contribution in [0.4, 0.5) is 0 Å². The number of hydrogen-bond acceptors (Lipinski definition) is 4. The highest BCUT2D eigenvalue weighted by molar-refractivity contribution is 7.90. The molecule has 1 heterocycles. The summed E-state index contributed by atoms with van der Waals surface area (Å²) in [5.41, 5.74) is 2.24. The summed E-state index contributed by atoms with van der Waals surface area (Å²) < 4.78 is 25.2. The molecule has 0 aliphatic heterocycles. The molecule has 29 heavy (non-hydrogen) atoms. The van der Waals surface area contributed by atoms with Crippen LogP contribution in [0, 0.1) is 0 Å². The number of likely N-dealkylation sites (N-methyl/N-ethyl adjacent to an activating group) is 1. The van der Waals surface area contributed by atoms with E-state index in [1.807, 2.05) is 48.8 Å². The molecule has 0 fully saturated rings. The van der Waals surface area contributed by atoms with Gasteiger partial charge in [-0.2, -0.15) is 0 Å². The number of rotatable bonds is 6. The van der Waals surface area contributed by atoms with Crippen LogP contribution in [0.2, 0.25) is 5.02 Å². The van der Waals surface area contributed by atoms with Gasteiger partial charge in [0.15, 0.2) is 9.84 Å². The van der Waals surface area contributed by atoms with Gasteiger partial charge in [-0.1, -0.05) is 29.8 Å². The first-order valence-corrected chi connectivity index (χ1v) is 11.3. The molecule has 1 unspecified atom stereocenters. The number of nitrogens with one attached hydrogen (secondary N) is 1. The Morgan fingerprint density at radius 2 is 1.79 bits per heavy atom. The second-order valence-corrected chi connectivity index (χ2v) is 9.87. The lowest BCUT2D eigenvalue weighted by atomic mass is 10.1. The lowest BCUT2D eigenvalue weighted by Crippen LogP contribution is -2.36. The molecule has 1 atom stereocenters. The zero-order valence-corrected chi connectivity index (χ0v) is 18.4. The van der Waals surface area contributed by atoms with Gasteiger partial charge in [0.1, 0.15) is 5.69 Å².